The van der Waals surface area contributed by atoms with E-state index >= 15 is 0 Å². The van der Waals surface area contributed by atoms with Gasteiger partial charge in [0.05, 0.1) is 30.6 Å². The second kappa shape index (κ2) is 15.6. The standard InChI is InChI=1S/C38H42N12O7/c1-6-49-27(14-20(3)45-49)33(52)43-37-40-25-16-23(31(39)51)17-29(57-19-22-10-11-22)30(25)47(37)12-8-9-13-48-32-26(18-24(36(54)55)35(42-32)56-5)41-38(48)44-34(53)28-15-21(4)46-50(28)7-2/h8-9,14-18,22H,6-7,10-13,19H2,1-5H3,(H2,39,51)(H,54,55)(H,40,43,52)(H,41,44,53). The Bertz CT molecular complexity index is 2590. The molecule has 5 heterocycles. The Morgan fingerprint density at radius 3 is 1.96 bits per heavy atom. The van der Waals surface area contributed by atoms with Gasteiger partial charge in [-0.1, -0.05) is 12.2 Å². The monoisotopic (exact) mass is 778 g/mol. The number of anilines is 2. The highest BCUT2D eigenvalue weighted by atomic mass is 16.5. The fourth-order valence-electron chi connectivity index (χ4n) is 6.49. The number of aromatic carboxylic acids is 1. The van der Waals surface area contributed by atoms with Crippen molar-refractivity contribution in [2.45, 2.75) is 66.7 Å². The van der Waals surface area contributed by atoms with Crippen LogP contribution in [0.25, 0.3) is 22.2 Å². The number of ether oxygens (including phenoxy) is 2. The molecule has 3 amide bonds. The number of fused-ring (bicyclic) bond motifs is 2. The number of carbonyl (C=O) groups is 4. The van der Waals surface area contributed by atoms with E-state index in [0.29, 0.717) is 65.2 Å². The van der Waals surface area contributed by atoms with Crippen LogP contribution in [0.5, 0.6) is 11.6 Å². The first-order valence-electron chi connectivity index (χ1n) is 18.4. The molecule has 0 unspecified atom stereocenters. The summed E-state index contributed by atoms with van der Waals surface area (Å²) < 4.78 is 18.1. The molecule has 0 aliphatic heterocycles. The van der Waals surface area contributed by atoms with E-state index in [9.17, 15) is 24.3 Å². The minimum atomic E-state index is -1.25. The van der Waals surface area contributed by atoms with Gasteiger partial charge in [0.1, 0.15) is 33.7 Å². The molecule has 296 valence electrons. The maximum absolute atomic E-state index is 13.7. The number of carboxylic acids is 1. The van der Waals surface area contributed by atoms with Gasteiger partial charge in [-0.15, -0.1) is 0 Å². The van der Waals surface area contributed by atoms with Crippen LogP contribution >= 0.6 is 0 Å². The van der Waals surface area contributed by atoms with E-state index in [0.717, 1.165) is 12.8 Å². The molecule has 7 rings (SSSR count). The van der Waals surface area contributed by atoms with Crippen molar-refractivity contribution in [1.82, 2.24) is 43.6 Å². The summed E-state index contributed by atoms with van der Waals surface area (Å²) in [6, 6.07) is 7.82. The first-order chi connectivity index (χ1) is 27.4. The van der Waals surface area contributed by atoms with Crippen molar-refractivity contribution in [3.8, 4) is 11.6 Å². The van der Waals surface area contributed by atoms with Crippen LogP contribution < -0.4 is 25.8 Å². The lowest BCUT2D eigenvalue weighted by Gasteiger charge is -2.13. The largest absolute Gasteiger partial charge is 0.491 e. The van der Waals surface area contributed by atoms with Gasteiger partial charge < -0.3 is 24.9 Å². The topological polar surface area (TPSA) is 241 Å². The average molecular weight is 779 g/mol. The Kier molecular flexibility index (Phi) is 10.5. The molecule has 5 aromatic heterocycles. The molecule has 19 heteroatoms. The fraction of sp³-hybridized carbons (Fsp3) is 0.342. The molecule has 57 heavy (non-hydrogen) atoms. The third-order valence-electron chi connectivity index (χ3n) is 9.43. The number of hydrogen-bond acceptors (Lipinski definition) is 11. The number of methoxy groups -OCH3 is 1. The number of amides is 3. The van der Waals surface area contributed by atoms with Crippen LogP contribution in [-0.4, -0.2) is 86.2 Å². The lowest BCUT2D eigenvalue weighted by Crippen LogP contribution is -2.20. The quantitative estimate of drug-likeness (QED) is 0.101. The van der Waals surface area contributed by atoms with Gasteiger partial charge in [-0.2, -0.15) is 15.2 Å². The molecule has 1 aliphatic carbocycles. The summed E-state index contributed by atoms with van der Waals surface area (Å²) in [7, 11) is 1.32. The molecule has 6 aromatic rings. The third kappa shape index (κ3) is 7.76. The van der Waals surface area contributed by atoms with E-state index in [1.807, 2.05) is 19.9 Å². The van der Waals surface area contributed by atoms with Gasteiger partial charge in [-0.3, -0.25) is 38.9 Å². The Balaban J connectivity index is 1.27. The molecule has 1 saturated carbocycles. The van der Waals surface area contributed by atoms with Crippen LogP contribution in [0.2, 0.25) is 0 Å². The van der Waals surface area contributed by atoms with Crippen LogP contribution in [-0.2, 0) is 26.2 Å². The van der Waals surface area contributed by atoms with Crippen molar-refractivity contribution < 1.29 is 33.8 Å². The van der Waals surface area contributed by atoms with Crippen molar-refractivity contribution in [1.29, 1.82) is 0 Å². The number of nitrogens with two attached hydrogens (primary N) is 1. The van der Waals surface area contributed by atoms with Crippen LogP contribution in [0.3, 0.4) is 0 Å². The molecule has 0 atom stereocenters. The SMILES string of the molecule is CCn1nc(C)cc1C(=O)Nc1nc2cc(C(=O)O)c(OC)nc2n1CC=CCn1c(NC(=O)c2cc(C)nn2CC)nc2cc(C(N)=O)cc(OCC3CC3)c21. The Labute approximate surface area is 325 Å². The van der Waals surface area contributed by atoms with E-state index in [-0.39, 0.29) is 53.2 Å². The summed E-state index contributed by atoms with van der Waals surface area (Å²) in [5, 5.41) is 24.3. The molecule has 19 nitrogen and oxygen atoms in total. The second-order valence-electron chi connectivity index (χ2n) is 13.6. The molecular formula is C38H42N12O7. The fourth-order valence-corrected chi connectivity index (χ4v) is 6.49. The van der Waals surface area contributed by atoms with Crippen molar-refractivity contribution in [2.75, 3.05) is 24.4 Å². The first-order valence-corrected chi connectivity index (χ1v) is 18.4. The van der Waals surface area contributed by atoms with E-state index in [4.69, 9.17) is 20.2 Å². The lowest BCUT2D eigenvalue weighted by molar-refractivity contribution is 0.0692. The minimum Gasteiger partial charge on any atom is -0.491 e. The number of hydrogen-bond donors (Lipinski definition) is 4. The van der Waals surface area contributed by atoms with Gasteiger partial charge in [0.2, 0.25) is 23.7 Å². The highest BCUT2D eigenvalue weighted by Gasteiger charge is 2.26. The van der Waals surface area contributed by atoms with Crippen molar-refractivity contribution in [3.05, 3.63) is 76.4 Å². The smallest absolute Gasteiger partial charge is 0.341 e. The van der Waals surface area contributed by atoms with E-state index in [2.05, 4.69) is 30.8 Å². The molecule has 1 aliphatic rings. The summed E-state index contributed by atoms with van der Waals surface area (Å²) in [4.78, 5) is 65.3. The van der Waals surface area contributed by atoms with Gasteiger partial charge in [-0.05, 0) is 76.8 Å². The Morgan fingerprint density at radius 1 is 0.842 bits per heavy atom. The number of pyridine rings is 1. The summed E-state index contributed by atoms with van der Waals surface area (Å²) in [5.74, 6) is -1.85. The number of carbonyl (C=O) groups excluding carboxylic acids is 3. The highest BCUT2D eigenvalue weighted by Crippen LogP contribution is 2.35. The number of carboxylic acid groups (broad SMARTS) is 1. The maximum atomic E-state index is 13.7. The average Bonchev–Trinajstić information content (AvgIpc) is 3.47. The van der Waals surface area contributed by atoms with E-state index < -0.39 is 23.7 Å². The van der Waals surface area contributed by atoms with Crippen molar-refractivity contribution in [3.63, 3.8) is 0 Å². The number of nitrogens with zero attached hydrogens (tertiary/aromatic N) is 9. The number of primary amides is 1. The Hall–Kier alpha value is -7.05. The lowest BCUT2D eigenvalue weighted by atomic mass is 10.1. The van der Waals surface area contributed by atoms with Crippen LogP contribution in [0.15, 0.2) is 42.5 Å². The first kappa shape index (κ1) is 38.2. The third-order valence-corrected chi connectivity index (χ3v) is 9.43. The predicted octanol–water partition coefficient (Wildman–Crippen LogP) is 4.19. The summed E-state index contributed by atoms with van der Waals surface area (Å²) in [6.45, 7) is 8.99. The van der Waals surface area contributed by atoms with Crippen LogP contribution in [0.4, 0.5) is 11.9 Å². The number of allylic oxidation sites excluding steroid dienone is 2. The highest BCUT2D eigenvalue weighted by molar-refractivity contribution is 6.05. The molecule has 5 N–H and O–H groups in total. The maximum Gasteiger partial charge on any atom is 0.341 e. The molecule has 0 radical (unpaired) electrons. The van der Waals surface area contributed by atoms with E-state index in [1.165, 1.54) is 13.2 Å². The van der Waals surface area contributed by atoms with Crippen molar-refractivity contribution >= 4 is 57.8 Å². The van der Waals surface area contributed by atoms with Gasteiger partial charge >= 0.3 is 5.97 Å². The van der Waals surface area contributed by atoms with E-state index in [1.54, 1.807) is 62.7 Å². The number of aryl methyl sites for hydroxylation is 4. The molecule has 1 aromatic carbocycles. The summed E-state index contributed by atoms with van der Waals surface area (Å²) in [5.41, 5.74) is 9.12. The summed E-state index contributed by atoms with van der Waals surface area (Å²) >= 11 is 0. The summed E-state index contributed by atoms with van der Waals surface area (Å²) in [6.07, 6.45) is 5.70. The molecule has 0 bridgehead atoms. The number of imidazole rings is 2. The molecule has 1 fully saturated rings. The van der Waals surface area contributed by atoms with Crippen molar-refractivity contribution in [2.24, 2.45) is 11.7 Å². The Morgan fingerprint density at radius 2 is 1.42 bits per heavy atom. The van der Waals surface area contributed by atoms with Gasteiger partial charge in [0, 0.05) is 31.7 Å². The van der Waals surface area contributed by atoms with Gasteiger partial charge in [-0.25, -0.2) is 14.8 Å². The van der Waals surface area contributed by atoms with Crippen LogP contribution in [0.1, 0.15) is 79.8 Å². The number of rotatable bonds is 16. The van der Waals surface area contributed by atoms with Crippen LogP contribution in [0, 0.1) is 19.8 Å². The minimum absolute atomic E-state index is 0.108. The zero-order valence-electron chi connectivity index (χ0n) is 32.1. The number of benzene rings is 1. The normalized spacial score (nSPS) is 12.8. The number of nitrogens with one attached hydrogen (secondary N) is 2. The second-order valence-corrected chi connectivity index (χ2v) is 13.6. The zero-order chi connectivity index (χ0) is 40.5. The molecule has 0 saturated heterocycles. The predicted molar refractivity (Wildman–Crippen MR) is 208 cm³/mol. The van der Waals surface area contributed by atoms with Gasteiger partial charge in [0.15, 0.2) is 5.65 Å². The number of aromatic nitrogens is 9. The zero-order valence-corrected chi connectivity index (χ0v) is 32.1. The molecular weight excluding hydrogens is 736 g/mol. The van der Waals surface area contributed by atoms with Gasteiger partial charge in [0.25, 0.3) is 11.8 Å². The molecule has 0 spiro atoms.